The van der Waals surface area contributed by atoms with E-state index >= 15 is 0 Å². The number of halogens is 1. The zero-order chi connectivity index (χ0) is 22.0. The zero-order valence-electron chi connectivity index (χ0n) is 18.4. The van der Waals surface area contributed by atoms with Crippen molar-refractivity contribution < 1.29 is 9.13 Å². The Morgan fingerprint density at radius 2 is 1.81 bits per heavy atom. The second kappa shape index (κ2) is 8.86. The summed E-state index contributed by atoms with van der Waals surface area (Å²) in [5, 5.41) is 8.48. The molecule has 0 bridgehead atoms. The van der Waals surface area contributed by atoms with Crippen LogP contribution < -0.4 is 4.74 Å². The van der Waals surface area contributed by atoms with Gasteiger partial charge in [-0.3, -0.25) is 4.40 Å². The van der Waals surface area contributed by atoms with Crippen molar-refractivity contribution in [2.45, 2.75) is 26.3 Å². The highest BCUT2D eigenvalue weighted by molar-refractivity contribution is 5.77. The fourth-order valence-corrected chi connectivity index (χ4v) is 3.92. The van der Waals surface area contributed by atoms with E-state index in [9.17, 15) is 4.39 Å². The van der Waals surface area contributed by atoms with Crippen LogP contribution in [-0.2, 0) is 19.4 Å². The molecule has 0 saturated carbocycles. The smallest absolute Gasteiger partial charge is 0.168 e. The Hall–Kier alpha value is -3.25. The van der Waals surface area contributed by atoms with E-state index in [1.807, 2.05) is 11.3 Å². The van der Waals surface area contributed by atoms with Gasteiger partial charge in [0.05, 0.1) is 7.11 Å². The van der Waals surface area contributed by atoms with Crippen LogP contribution in [0.5, 0.6) is 5.75 Å². The third kappa shape index (κ3) is 4.44. The van der Waals surface area contributed by atoms with Crippen LogP contribution in [0.4, 0.5) is 4.39 Å². The molecule has 0 atom stereocenters. The van der Waals surface area contributed by atoms with E-state index in [0.29, 0.717) is 24.2 Å². The summed E-state index contributed by atoms with van der Waals surface area (Å²) in [6.45, 7) is 2.75. The highest BCUT2D eigenvalue weighted by Gasteiger charge is 2.12. The van der Waals surface area contributed by atoms with Gasteiger partial charge < -0.3 is 9.64 Å². The lowest BCUT2D eigenvalue weighted by molar-refractivity contribution is 0.402. The molecule has 2 aromatic carbocycles. The second-order valence-electron chi connectivity index (χ2n) is 8.11. The molecule has 0 aliphatic heterocycles. The molecule has 0 radical (unpaired) electrons. The third-order valence-electron chi connectivity index (χ3n) is 5.52. The lowest BCUT2D eigenvalue weighted by atomic mass is 10.0. The van der Waals surface area contributed by atoms with Crippen molar-refractivity contribution in [3.05, 3.63) is 83.1 Å². The van der Waals surface area contributed by atoms with Gasteiger partial charge in [-0.25, -0.2) is 4.39 Å². The number of hydrogen-bond donors (Lipinski definition) is 0. The van der Waals surface area contributed by atoms with E-state index in [4.69, 9.17) is 4.74 Å². The van der Waals surface area contributed by atoms with E-state index in [1.165, 1.54) is 11.6 Å². The van der Waals surface area contributed by atoms with Gasteiger partial charge in [0, 0.05) is 17.8 Å². The molecule has 0 aliphatic carbocycles. The van der Waals surface area contributed by atoms with Crippen molar-refractivity contribution in [3.8, 4) is 16.9 Å². The van der Waals surface area contributed by atoms with Gasteiger partial charge in [0.1, 0.15) is 17.9 Å². The van der Waals surface area contributed by atoms with Crippen LogP contribution in [0.1, 0.15) is 22.4 Å². The molecule has 0 saturated heterocycles. The first-order valence-electron chi connectivity index (χ1n) is 10.3. The first-order chi connectivity index (χ1) is 15.0. The lowest BCUT2D eigenvalue weighted by Crippen LogP contribution is -2.10. The molecular formula is C25H27FN4O. The maximum atomic E-state index is 14.4. The minimum absolute atomic E-state index is 0.201. The summed E-state index contributed by atoms with van der Waals surface area (Å²) >= 11 is 0. The van der Waals surface area contributed by atoms with Crippen molar-refractivity contribution in [2.24, 2.45) is 0 Å². The number of hydrogen-bond acceptors (Lipinski definition) is 4. The first-order valence-corrected chi connectivity index (χ1v) is 10.3. The zero-order valence-corrected chi connectivity index (χ0v) is 18.4. The van der Waals surface area contributed by atoms with Crippen LogP contribution in [0.2, 0.25) is 0 Å². The van der Waals surface area contributed by atoms with E-state index in [-0.39, 0.29) is 5.82 Å². The number of aromatic nitrogens is 3. The number of aryl methyl sites for hydroxylation is 3. The molecule has 4 aromatic rings. The number of pyridine rings is 1. The van der Waals surface area contributed by atoms with Crippen LogP contribution in [-0.4, -0.2) is 40.7 Å². The third-order valence-corrected chi connectivity index (χ3v) is 5.52. The Kier molecular flexibility index (Phi) is 6.00. The largest absolute Gasteiger partial charge is 0.496 e. The molecule has 0 amide bonds. The van der Waals surface area contributed by atoms with Gasteiger partial charge in [0.15, 0.2) is 5.65 Å². The summed E-state index contributed by atoms with van der Waals surface area (Å²) in [6.07, 6.45) is 2.95. The molecule has 5 nitrogen and oxygen atoms in total. The van der Waals surface area contributed by atoms with Gasteiger partial charge in [-0.05, 0) is 80.4 Å². The number of nitrogens with zero attached hydrogens (tertiary/aromatic N) is 4. The van der Waals surface area contributed by atoms with Crippen molar-refractivity contribution in [2.75, 3.05) is 21.2 Å². The fraction of sp³-hybridized carbons (Fsp3) is 0.280. The summed E-state index contributed by atoms with van der Waals surface area (Å²) < 4.78 is 21.8. The summed E-state index contributed by atoms with van der Waals surface area (Å²) in [4.78, 5) is 2.15. The van der Waals surface area contributed by atoms with Crippen LogP contribution in [0.3, 0.4) is 0 Å². The number of ether oxygens (including phenoxy) is 1. The van der Waals surface area contributed by atoms with E-state index in [2.05, 4.69) is 65.6 Å². The molecule has 2 heterocycles. The highest BCUT2D eigenvalue weighted by atomic mass is 19.1. The summed E-state index contributed by atoms with van der Waals surface area (Å²) in [5.41, 5.74) is 6.67. The fourth-order valence-electron chi connectivity index (χ4n) is 3.92. The monoisotopic (exact) mass is 418 g/mol. The average molecular weight is 419 g/mol. The van der Waals surface area contributed by atoms with E-state index < -0.39 is 0 Å². The number of rotatable bonds is 7. The minimum atomic E-state index is -0.201. The van der Waals surface area contributed by atoms with Crippen molar-refractivity contribution in [1.29, 1.82) is 0 Å². The van der Waals surface area contributed by atoms with Crippen LogP contribution >= 0.6 is 0 Å². The Balaban J connectivity index is 1.60. The first kappa shape index (κ1) is 21.0. The van der Waals surface area contributed by atoms with E-state index in [1.54, 1.807) is 19.5 Å². The Morgan fingerprint density at radius 3 is 2.52 bits per heavy atom. The molecule has 0 spiro atoms. The molecule has 0 aliphatic rings. The van der Waals surface area contributed by atoms with Crippen LogP contribution in [0.15, 0.2) is 54.9 Å². The highest BCUT2D eigenvalue weighted by Crippen LogP contribution is 2.27. The molecule has 2 aromatic heterocycles. The maximum absolute atomic E-state index is 14.4. The predicted octanol–water partition coefficient (Wildman–Crippen LogP) is 4.70. The quantitative estimate of drug-likeness (QED) is 0.436. The standard InChI is InChI=1S/C25H27FN4O/c1-17-13-23(26)20(14-24(17)31-4)9-10-21-11-12-22(25-28-27-16-30(21)25)19-7-5-18(6-8-19)15-29(2)3/h5-8,11-14,16H,9-10,15H2,1-4H3. The lowest BCUT2D eigenvalue weighted by Gasteiger charge is -2.12. The number of methoxy groups -OCH3 is 1. The molecule has 31 heavy (non-hydrogen) atoms. The molecule has 0 unspecified atom stereocenters. The molecule has 0 fully saturated rings. The predicted molar refractivity (Wildman–Crippen MR) is 121 cm³/mol. The van der Waals surface area contributed by atoms with Gasteiger partial charge in [0.2, 0.25) is 0 Å². The van der Waals surface area contributed by atoms with Gasteiger partial charge in [-0.2, -0.15) is 0 Å². The van der Waals surface area contributed by atoms with E-state index in [0.717, 1.165) is 34.6 Å². The summed E-state index contributed by atoms with van der Waals surface area (Å²) in [7, 11) is 5.73. The SMILES string of the molecule is COc1cc(CCc2ccc(-c3ccc(CN(C)C)cc3)c3nncn23)c(F)cc1C. The average Bonchev–Trinajstić information content (AvgIpc) is 3.23. The topological polar surface area (TPSA) is 42.7 Å². The Morgan fingerprint density at radius 1 is 1.03 bits per heavy atom. The molecule has 160 valence electrons. The molecular weight excluding hydrogens is 391 g/mol. The molecule has 4 rings (SSSR count). The van der Waals surface area contributed by atoms with Gasteiger partial charge in [0.25, 0.3) is 0 Å². The van der Waals surface area contributed by atoms with Gasteiger partial charge in [-0.15, -0.1) is 10.2 Å². The number of fused-ring (bicyclic) bond motifs is 1. The van der Waals surface area contributed by atoms with Crippen LogP contribution in [0, 0.1) is 12.7 Å². The van der Waals surface area contributed by atoms with Gasteiger partial charge >= 0.3 is 0 Å². The Bertz CT molecular complexity index is 1200. The summed E-state index contributed by atoms with van der Waals surface area (Å²) in [5.74, 6) is 0.506. The molecule has 0 N–H and O–H groups in total. The van der Waals surface area contributed by atoms with Crippen molar-refractivity contribution in [1.82, 2.24) is 19.5 Å². The second-order valence-corrected chi connectivity index (χ2v) is 8.11. The Labute approximate surface area is 182 Å². The van der Waals surface area contributed by atoms with Crippen molar-refractivity contribution in [3.63, 3.8) is 0 Å². The van der Waals surface area contributed by atoms with Crippen molar-refractivity contribution >= 4 is 5.65 Å². The number of benzene rings is 2. The van der Waals surface area contributed by atoms with Gasteiger partial charge in [-0.1, -0.05) is 24.3 Å². The maximum Gasteiger partial charge on any atom is 0.168 e. The summed E-state index contributed by atoms with van der Waals surface area (Å²) in [6, 6.07) is 16.0. The minimum Gasteiger partial charge on any atom is -0.496 e. The van der Waals surface area contributed by atoms with Crippen LogP contribution in [0.25, 0.3) is 16.8 Å². The molecule has 6 heteroatoms. The normalized spacial score (nSPS) is 11.4.